The van der Waals surface area contributed by atoms with Crippen LogP contribution >= 0.6 is 11.3 Å². The van der Waals surface area contributed by atoms with Gasteiger partial charge >= 0.3 is 0 Å². The van der Waals surface area contributed by atoms with Crippen molar-refractivity contribution in [2.75, 3.05) is 6.61 Å². The van der Waals surface area contributed by atoms with Crippen LogP contribution in [0.25, 0.3) is 39.4 Å². The van der Waals surface area contributed by atoms with Crippen molar-refractivity contribution in [2.24, 2.45) is 0 Å². The van der Waals surface area contributed by atoms with Gasteiger partial charge in [0.1, 0.15) is 18.1 Å². The Balaban J connectivity index is 1.45. The summed E-state index contributed by atoms with van der Waals surface area (Å²) in [5.74, 6) is 1.28. The fourth-order valence-corrected chi connectivity index (χ4v) is 4.88. The average molecular weight is 504 g/mol. The molecule has 37 heavy (non-hydrogen) atoms. The smallest absolute Gasteiger partial charge is 0.291 e. The average Bonchev–Trinajstić information content (AvgIpc) is 3.64. The molecule has 0 aliphatic carbocycles. The number of aromatic nitrogens is 5. The summed E-state index contributed by atoms with van der Waals surface area (Å²) in [6.45, 7) is 4.12. The van der Waals surface area contributed by atoms with Crippen molar-refractivity contribution in [1.82, 2.24) is 24.4 Å². The van der Waals surface area contributed by atoms with Gasteiger partial charge in [0.15, 0.2) is 5.82 Å². The number of para-hydroxylation sites is 1. The first-order valence-corrected chi connectivity index (χ1v) is 12.5. The van der Waals surface area contributed by atoms with Gasteiger partial charge in [0.2, 0.25) is 4.96 Å². The minimum Gasteiger partial charge on any atom is -0.490 e. The molecule has 0 unspecified atom stereocenters. The number of nitrogens with zero attached hydrogens (tertiary/aromatic N) is 5. The van der Waals surface area contributed by atoms with Gasteiger partial charge in [-0.1, -0.05) is 72.5 Å². The molecule has 8 heteroatoms. The highest BCUT2D eigenvalue weighted by Crippen LogP contribution is 2.26. The maximum atomic E-state index is 13.2. The SMILES string of the molecule is C=CCOc1ccc(-c2nn(-c3ccccc3)cc2/C=c2\sc3nc(-c4ccccc4)nn3c2=O)cc1. The third kappa shape index (κ3) is 4.46. The number of benzene rings is 3. The van der Waals surface area contributed by atoms with Crippen LogP contribution in [0.2, 0.25) is 0 Å². The molecule has 180 valence electrons. The van der Waals surface area contributed by atoms with Crippen LogP contribution in [0.4, 0.5) is 0 Å². The molecule has 6 rings (SSSR count). The molecule has 0 aliphatic rings. The van der Waals surface area contributed by atoms with Crippen LogP contribution in [0.5, 0.6) is 5.75 Å². The Labute approximate surface area is 216 Å². The van der Waals surface area contributed by atoms with Gasteiger partial charge in [-0.3, -0.25) is 4.79 Å². The topological polar surface area (TPSA) is 74.3 Å². The monoisotopic (exact) mass is 503 g/mol. The molecule has 6 aromatic rings. The number of ether oxygens (including phenoxy) is 1. The van der Waals surface area contributed by atoms with Gasteiger partial charge in [0, 0.05) is 22.9 Å². The highest BCUT2D eigenvalue weighted by molar-refractivity contribution is 7.15. The minimum atomic E-state index is -0.207. The normalized spacial score (nSPS) is 11.7. The van der Waals surface area contributed by atoms with Gasteiger partial charge in [-0.25, -0.2) is 4.68 Å². The third-order valence-electron chi connectivity index (χ3n) is 5.76. The van der Waals surface area contributed by atoms with Crippen molar-refractivity contribution in [2.45, 2.75) is 0 Å². The first-order chi connectivity index (χ1) is 18.2. The lowest BCUT2D eigenvalue weighted by molar-refractivity contribution is 0.363. The summed E-state index contributed by atoms with van der Waals surface area (Å²) >= 11 is 1.31. The lowest BCUT2D eigenvalue weighted by Gasteiger charge is -2.04. The molecule has 0 radical (unpaired) electrons. The molecule has 3 aromatic heterocycles. The van der Waals surface area contributed by atoms with E-state index in [2.05, 4.69) is 16.7 Å². The Bertz CT molecular complexity index is 1800. The predicted molar refractivity (Wildman–Crippen MR) is 146 cm³/mol. The quantitative estimate of drug-likeness (QED) is 0.293. The maximum Gasteiger partial charge on any atom is 0.291 e. The van der Waals surface area contributed by atoms with Gasteiger partial charge in [-0.2, -0.15) is 14.6 Å². The second-order valence-electron chi connectivity index (χ2n) is 8.25. The summed E-state index contributed by atoms with van der Waals surface area (Å²) < 4.78 is 9.34. The molecule has 0 amide bonds. The highest BCUT2D eigenvalue weighted by Gasteiger charge is 2.15. The first kappa shape index (κ1) is 22.6. The first-order valence-electron chi connectivity index (χ1n) is 11.7. The highest BCUT2D eigenvalue weighted by atomic mass is 32.1. The second-order valence-corrected chi connectivity index (χ2v) is 9.26. The molecular weight excluding hydrogens is 482 g/mol. The summed E-state index contributed by atoms with van der Waals surface area (Å²) in [5, 5.41) is 9.31. The Hall–Kier alpha value is -4.82. The fraction of sp³-hybridized carbons (Fsp3) is 0.0345. The van der Waals surface area contributed by atoms with E-state index in [-0.39, 0.29) is 5.56 Å². The lowest BCUT2D eigenvalue weighted by atomic mass is 10.1. The standard InChI is InChI=1S/C29H21N5O2S/c1-2-17-36-24-15-13-20(14-16-24)26-22(19-33(31-26)23-11-7-4-8-12-23)18-25-28(35)34-29(37-25)30-27(32-34)21-9-5-3-6-10-21/h2-16,18-19H,1,17H2/b25-18-. The van der Waals surface area contributed by atoms with Crippen LogP contribution in [-0.4, -0.2) is 31.0 Å². The Morgan fingerprint density at radius 3 is 2.32 bits per heavy atom. The van der Waals surface area contributed by atoms with Crippen LogP contribution in [0.3, 0.4) is 0 Å². The Kier molecular flexibility index (Phi) is 5.92. The molecule has 0 atom stereocenters. The Morgan fingerprint density at radius 1 is 0.892 bits per heavy atom. The van der Waals surface area contributed by atoms with Crippen molar-refractivity contribution in [3.05, 3.63) is 124 Å². The molecule has 0 spiro atoms. The summed E-state index contributed by atoms with van der Waals surface area (Å²) in [7, 11) is 0. The van der Waals surface area contributed by atoms with E-state index in [0.717, 1.165) is 33.8 Å². The molecular formula is C29H21N5O2S. The van der Waals surface area contributed by atoms with Crippen LogP contribution in [0.1, 0.15) is 5.56 Å². The zero-order valence-electron chi connectivity index (χ0n) is 19.7. The zero-order chi connectivity index (χ0) is 25.2. The second kappa shape index (κ2) is 9.67. The number of fused-ring (bicyclic) bond motifs is 1. The van der Waals surface area contributed by atoms with E-state index in [1.54, 1.807) is 6.08 Å². The molecule has 0 aliphatic heterocycles. The van der Waals surface area contributed by atoms with E-state index in [9.17, 15) is 4.79 Å². The van der Waals surface area contributed by atoms with Crippen molar-refractivity contribution in [3.8, 4) is 34.1 Å². The van der Waals surface area contributed by atoms with Crippen LogP contribution in [0, 0.1) is 0 Å². The molecule has 0 saturated carbocycles. The molecule has 0 fully saturated rings. The number of hydrogen-bond donors (Lipinski definition) is 0. The lowest BCUT2D eigenvalue weighted by Crippen LogP contribution is -2.23. The summed E-state index contributed by atoms with van der Waals surface area (Å²) in [6, 6.07) is 27.2. The van der Waals surface area contributed by atoms with Crippen LogP contribution < -0.4 is 14.8 Å². The fourth-order valence-electron chi connectivity index (χ4n) is 3.98. The zero-order valence-corrected chi connectivity index (χ0v) is 20.5. The molecule has 7 nitrogen and oxygen atoms in total. The molecule has 0 saturated heterocycles. The van der Waals surface area contributed by atoms with Crippen molar-refractivity contribution in [3.63, 3.8) is 0 Å². The van der Waals surface area contributed by atoms with E-state index >= 15 is 0 Å². The van der Waals surface area contributed by atoms with Gasteiger partial charge in [0.05, 0.1) is 10.2 Å². The third-order valence-corrected chi connectivity index (χ3v) is 6.72. The molecule has 0 bridgehead atoms. The van der Waals surface area contributed by atoms with Gasteiger partial charge in [0.25, 0.3) is 5.56 Å². The molecule has 3 heterocycles. The maximum absolute atomic E-state index is 13.2. The van der Waals surface area contributed by atoms with E-state index in [0.29, 0.717) is 21.9 Å². The molecule has 0 N–H and O–H groups in total. The van der Waals surface area contributed by atoms with Gasteiger partial charge < -0.3 is 4.74 Å². The summed E-state index contributed by atoms with van der Waals surface area (Å²) in [6.07, 6.45) is 5.49. The van der Waals surface area contributed by atoms with E-state index < -0.39 is 0 Å². The number of hydrogen-bond acceptors (Lipinski definition) is 6. The van der Waals surface area contributed by atoms with E-state index in [1.807, 2.05) is 102 Å². The van der Waals surface area contributed by atoms with Crippen molar-refractivity contribution < 1.29 is 4.74 Å². The summed E-state index contributed by atoms with van der Waals surface area (Å²) in [4.78, 5) is 18.4. The van der Waals surface area contributed by atoms with Crippen molar-refractivity contribution in [1.29, 1.82) is 0 Å². The van der Waals surface area contributed by atoms with Gasteiger partial charge in [-0.05, 0) is 42.5 Å². The number of rotatable bonds is 7. The summed E-state index contributed by atoms with van der Waals surface area (Å²) in [5.41, 5.74) is 4.06. The Morgan fingerprint density at radius 2 is 1.62 bits per heavy atom. The van der Waals surface area contributed by atoms with Crippen LogP contribution in [0.15, 0.2) is 109 Å². The van der Waals surface area contributed by atoms with Gasteiger partial charge in [-0.15, -0.1) is 5.10 Å². The van der Waals surface area contributed by atoms with Crippen LogP contribution in [-0.2, 0) is 0 Å². The largest absolute Gasteiger partial charge is 0.490 e. The van der Waals surface area contributed by atoms with E-state index in [1.165, 1.54) is 15.9 Å². The molecule has 3 aromatic carbocycles. The number of thiazole rings is 1. The van der Waals surface area contributed by atoms with Crippen molar-refractivity contribution >= 4 is 22.4 Å². The predicted octanol–water partition coefficient (Wildman–Crippen LogP) is 4.78. The minimum absolute atomic E-state index is 0.207. The van der Waals surface area contributed by atoms with E-state index in [4.69, 9.17) is 9.84 Å².